The lowest BCUT2D eigenvalue weighted by Gasteiger charge is -2.33. The Hall–Kier alpha value is -2.72. The molecule has 170 valence electrons. The minimum Gasteiger partial charge on any atom is -0.314 e. The number of hydrogen-bond donors (Lipinski definition) is 1. The summed E-state index contributed by atoms with van der Waals surface area (Å²) in [5, 5.41) is 3.48. The van der Waals surface area contributed by atoms with E-state index in [2.05, 4.69) is 106 Å². The summed E-state index contributed by atoms with van der Waals surface area (Å²) in [4.78, 5) is 5.34. The van der Waals surface area contributed by atoms with Gasteiger partial charge in [-0.1, -0.05) is 91.0 Å². The molecule has 1 aliphatic heterocycles. The van der Waals surface area contributed by atoms with Crippen molar-refractivity contribution in [2.24, 2.45) is 0 Å². The molecule has 2 aliphatic rings. The quantitative estimate of drug-likeness (QED) is 0.534. The van der Waals surface area contributed by atoms with E-state index in [0.717, 1.165) is 45.8 Å². The van der Waals surface area contributed by atoms with Crippen molar-refractivity contribution in [3.63, 3.8) is 0 Å². The Morgan fingerprint density at radius 2 is 1.48 bits per heavy atom. The molecule has 3 aromatic rings. The highest BCUT2D eigenvalue weighted by Gasteiger charge is 2.27. The molecule has 0 spiro atoms. The standard InChI is InChI=1S/C30H35N3/c1-3-9-25(10-4-1)28(26-11-5-2-6-12-26)17-20-33(24-23-32-21-18-31-19-22-32)30-16-15-27-13-7-8-14-29(27)30/h1-14,17,30-31H,15-16,18-24H2/t30-/m1/s1. The highest BCUT2D eigenvalue weighted by molar-refractivity contribution is 5.79. The van der Waals surface area contributed by atoms with Crippen molar-refractivity contribution in [1.29, 1.82) is 0 Å². The maximum Gasteiger partial charge on any atom is 0.0357 e. The fraction of sp³-hybridized carbons (Fsp3) is 0.333. The lowest BCUT2D eigenvalue weighted by atomic mass is 9.97. The first-order valence-corrected chi connectivity index (χ1v) is 12.4. The van der Waals surface area contributed by atoms with Gasteiger partial charge in [-0.2, -0.15) is 0 Å². The van der Waals surface area contributed by atoms with E-state index in [1.165, 1.54) is 40.7 Å². The molecule has 1 aliphatic carbocycles. The van der Waals surface area contributed by atoms with Gasteiger partial charge in [0.2, 0.25) is 0 Å². The number of aryl methyl sites for hydroxylation is 1. The van der Waals surface area contributed by atoms with Crippen LogP contribution in [-0.4, -0.2) is 55.6 Å². The molecule has 1 fully saturated rings. The van der Waals surface area contributed by atoms with Crippen LogP contribution in [0.5, 0.6) is 0 Å². The zero-order valence-electron chi connectivity index (χ0n) is 19.5. The van der Waals surface area contributed by atoms with Gasteiger partial charge in [0.1, 0.15) is 0 Å². The van der Waals surface area contributed by atoms with E-state index in [1.807, 2.05) is 0 Å². The predicted octanol–water partition coefficient (Wildman–Crippen LogP) is 5.01. The van der Waals surface area contributed by atoms with E-state index in [0.29, 0.717) is 6.04 Å². The van der Waals surface area contributed by atoms with Crippen molar-refractivity contribution in [3.05, 3.63) is 113 Å². The molecule has 1 heterocycles. The predicted molar refractivity (Wildman–Crippen MR) is 138 cm³/mol. The Bertz CT molecular complexity index is 997. The number of rotatable bonds is 8. The molecule has 0 bridgehead atoms. The van der Waals surface area contributed by atoms with Crippen LogP contribution in [0.2, 0.25) is 0 Å². The van der Waals surface area contributed by atoms with Crippen LogP contribution >= 0.6 is 0 Å². The van der Waals surface area contributed by atoms with Gasteiger partial charge in [-0.3, -0.25) is 9.80 Å². The molecule has 1 saturated heterocycles. The third-order valence-corrected chi connectivity index (χ3v) is 7.15. The van der Waals surface area contributed by atoms with Gasteiger partial charge in [0.05, 0.1) is 0 Å². The molecule has 1 atom stereocenters. The van der Waals surface area contributed by atoms with Crippen LogP contribution in [0.25, 0.3) is 5.57 Å². The van der Waals surface area contributed by atoms with Gasteiger partial charge in [-0.25, -0.2) is 0 Å². The van der Waals surface area contributed by atoms with Crippen LogP contribution in [0, 0.1) is 0 Å². The van der Waals surface area contributed by atoms with Gasteiger partial charge in [0, 0.05) is 51.9 Å². The number of piperazine rings is 1. The molecular formula is C30H35N3. The summed E-state index contributed by atoms with van der Waals surface area (Å²) in [6.07, 6.45) is 4.88. The fourth-order valence-electron chi connectivity index (χ4n) is 5.34. The molecule has 0 radical (unpaired) electrons. The summed E-state index contributed by atoms with van der Waals surface area (Å²) in [7, 11) is 0. The highest BCUT2D eigenvalue weighted by Crippen LogP contribution is 2.36. The van der Waals surface area contributed by atoms with E-state index in [4.69, 9.17) is 0 Å². The molecule has 0 aromatic heterocycles. The monoisotopic (exact) mass is 437 g/mol. The number of benzene rings is 3. The molecule has 0 saturated carbocycles. The highest BCUT2D eigenvalue weighted by atomic mass is 15.2. The summed E-state index contributed by atoms with van der Waals surface area (Å²) in [6.45, 7) is 7.74. The SMILES string of the molecule is C(CN(CCN1CCNCC1)[C@@H]1CCc2ccccc21)=C(c1ccccc1)c1ccccc1. The second-order valence-electron chi connectivity index (χ2n) is 9.19. The fourth-order valence-corrected chi connectivity index (χ4v) is 5.34. The molecule has 33 heavy (non-hydrogen) atoms. The number of fused-ring (bicyclic) bond motifs is 1. The minimum atomic E-state index is 0.508. The van der Waals surface area contributed by atoms with Crippen LogP contribution in [0.3, 0.4) is 0 Å². The molecule has 3 heteroatoms. The third kappa shape index (κ3) is 5.44. The molecule has 0 amide bonds. The summed E-state index contributed by atoms with van der Waals surface area (Å²) >= 11 is 0. The Morgan fingerprint density at radius 1 is 0.848 bits per heavy atom. The Balaban J connectivity index is 1.42. The number of nitrogens with one attached hydrogen (secondary N) is 1. The smallest absolute Gasteiger partial charge is 0.0357 e. The normalized spacial score (nSPS) is 18.3. The second kappa shape index (κ2) is 10.9. The van der Waals surface area contributed by atoms with Crippen LogP contribution in [-0.2, 0) is 6.42 Å². The van der Waals surface area contributed by atoms with E-state index < -0.39 is 0 Å². The van der Waals surface area contributed by atoms with Gasteiger partial charge in [0.15, 0.2) is 0 Å². The van der Waals surface area contributed by atoms with Crippen molar-refractivity contribution in [2.45, 2.75) is 18.9 Å². The third-order valence-electron chi connectivity index (χ3n) is 7.15. The van der Waals surface area contributed by atoms with Gasteiger partial charge in [0.25, 0.3) is 0 Å². The summed E-state index contributed by atoms with van der Waals surface area (Å²) < 4.78 is 0. The number of hydrogen-bond acceptors (Lipinski definition) is 3. The molecule has 0 unspecified atom stereocenters. The largest absolute Gasteiger partial charge is 0.314 e. The van der Waals surface area contributed by atoms with Gasteiger partial charge < -0.3 is 5.32 Å². The molecule has 1 N–H and O–H groups in total. The van der Waals surface area contributed by atoms with E-state index in [1.54, 1.807) is 0 Å². The van der Waals surface area contributed by atoms with Crippen molar-refractivity contribution in [2.75, 3.05) is 45.8 Å². The second-order valence-corrected chi connectivity index (χ2v) is 9.19. The maximum atomic E-state index is 3.48. The zero-order chi connectivity index (χ0) is 22.3. The molecule has 5 rings (SSSR count). The average molecular weight is 438 g/mol. The molecule has 3 aromatic carbocycles. The van der Waals surface area contributed by atoms with Gasteiger partial charge >= 0.3 is 0 Å². The number of nitrogens with zero attached hydrogens (tertiary/aromatic N) is 2. The van der Waals surface area contributed by atoms with Gasteiger partial charge in [-0.05, 0) is 40.7 Å². The van der Waals surface area contributed by atoms with Crippen molar-refractivity contribution >= 4 is 5.57 Å². The van der Waals surface area contributed by atoms with Crippen LogP contribution < -0.4 is 5.32 Å². The van der Waals surface area contributed by atoms with Crippen molar-refractivity contribution in [1.82, 2.24) is 15.1 Å². The summed E-state index contributed by atoms with van der Waals surface area (Å²) in [5.41, 5.74) is 6.97. The van der Waals surface area contributed by atoms with Crippen molar-refractivity contribution < 1.29 is 0 Å². The Kier molecular flexibility index (Phi) is 7.32. The molecular weight excluding hydrogens is 402 g/mol. The topological polar surface area (TPSA) is 18.5 Å². The Morgan fingerprint density at radius 3 is 2.18 bits per heavy atom. The first-order valence-electron chi connectivity index (χ1n) is 12.4. The lowest BCUT2D eigenvalue weighted by Crippen LogP contribution is -2.46. The lowest BCUT2D eigenvalue weighted by molar-refractivity contribution is 0.163. The average Bonchev–Trinajstić information content (AvgIpc) is 3.32. The Labute approximate surface area is 198 Å². The van der Waals surface area contributed by atoms with Crippen LogP contribution in [0.15, 0.2) is 91.0 Å². The van der Waals surface area contributed by atoms with Crippen molar-refractivity contribution in [3.8, 4) is 0 Å². The van der Waals surface area contributed by atoms with E-state index in [-0.39, 0.29) is 0 Å². The van der Waals surface area contributed by atoms with E-state index in [9.17, 15) is 0 Å². The first kappa shape index (κ1) is 22.1. The summed E-state index contributed by atoms with van der Waals surface area (Å²) in [6, 6.07) is 31.3. The summed E-state index contributed by atoms with van der Waals surface area (Å²) in [5.74, 6) is 0. The molecule has 3 nitrogen and oxygen atoms in total. The van der Waals surface area contributed by atoms with Gasteiger partial charge in [-0.15, -0.1) is 0 Å². The van der Waals surface area contributed by atoms with Crippen LogP contribution in [0.4, 0.5) is 0 Å². The van der Waals surface area contributed by atoms with Crippen LogP contribution in [0.1, 0.15) is 34.7 Å². The zero-order valence-corrected chi connectivity index (χ0v) is 19.5. The van der Waals surface area contributed by atoms with E-state index >= 15 is 0 Å². The maximum absolute atomic E-state index is 3.48. The minimum absolute atomic E-state index is 0.508. The first-order chi connectivity index (χ1) is 16.4.